The van der Waals surface area contributed by atoms with Gasteiger partial charge in [0.05, 0.1) is 0 Å². The van der Waals surface area contributed by atoms with Crippen molar-refractivity contribution in [2.24, 2.45) is 0 Å². The van der Waals surface area contributed by atoms with Gasteiger partial charge < -0.3 is 10.1 Å². The first-order valence-corrected chi connectivity index (χ1v) is 7.66. The minimum atomic E-state index is 0.357. The molecule has 1 aromatic heterocycles. The number of hydrogen-bond acceptors (Lipinski definition) is 3. The van der Waals surface area contributed by atoms with Crippen LogP contribution in [0, 0.1) is 0 Å². The molecule has 0 aliphatic rings. The molecule has 2 rings (SSSR count). The van der Waals surface area contributed by atoms with Crippen LogP contribution in [0.15, 0.2) is 41.1 Å². The van der Waals surface area contributed by atoms with Gasteiger partial charge in [0.2, 0.25) is 0 Å². The van der Waals surface area contributed by atoms with Crippen LogP contribution in [-0.4, -0.2) is 19.7 Å². The van der Waals surface area contributed by atoms with Gasteiger partial charge in [-0.1, -0.05) is 11.6 Å². The number of ether oxygens (including phenoxy) is 1. The van der Waals surface area contributed by atoms with Crippen LogP contribution in [0.2, 0.25) is 5.02 Å². The molecule has 0 radical (unpaired) electrons. The van der Waals surface area contributed by atoms with Crippen molar-refractivity contribution in [3.8, 4) is 5.75 Å². The van der Waals surface area contributed by atoms with E-state index in [9.17, 15) is 0 Å². The SMILES string of the molecule is CNC(CCc1ccsc1)COc1ccc(Cl)cc1. The van der Waals surface area contributed by atoms with E-state index in [0.717, 1.165) is 23.6 Å². The van der Waals surface area contributed by atoms with Gasteiger partial charge in [0, 0.05) is 11.1 Å². The first-order chi connectivity index (χ1) is 9.28. The van der Waals surface area contributed by atoms with Gasteiger partial charge in [-0.3, -0.25) is 0 Å². The molecule has 0 saturated carbocycles. The van der Waals surface area contributed by atoms with E-state index in [4.69, 9.17) is 16.3 Å². The van der Waals surface area contributed by atoms with Crippen molar-refractivity contribution in [1.82, 2.24) is 5.32 Å². The average molecular weight is 296 g/mol. The third-order valence-corrected chi connectivity index (χ3v) is 4.02. The molecule has 0 amide bonds. The van der Waals surface area contributed by atoms with Crippen molar-refractivity contribution >= 4 is 22.9 Å². The first kappa shape index (κ1) is 14.4. The fraction of sp³-hybridized carbons (Fsp3) is 0.333. The second kappa shape index (κ2) is 7.53. The Labute approximate surface area is 123 Å². The predicted molar refractivity (Wildman–Crippen MR) is 82.4 cm³/mol. The van der Waals surface area contributed by atoms with Crippen molar-refractivity contribution in [2.45, 2.75) is 18.9 Å². The summed E-state index contributed by atoms with van der Waals surface area (Å²) in [5.41, 5.74) is 1.40. The Hall–Kier alpha value is -1.03. The standard InChI is InChI=1S/C15H18ClNOS/c1-17-14(5-2-12-8-9-19-11-12)10-18-15-6-3-13(16)4-7-15/h3-4,6-9,11,14,17H,2,5,10H2,1H3. The maximum atomic E-state index is 5.84. The minimum Gasteiger partial charge on any atom is -0.492 e. The summed E-state index contributed by atoms with van der Waals surface area (Å²) >= 11 is 7.59. The maximum absolute atomic E-state index is 5.84. The highest BCUT2D eigenvalue weighted by Gasteiger charge is 2.07. The molecular weight excluding hydrogens is 278 g/mol. The molecule has 4 heteroatoms. The Morgan fingerprint density at radius 2 is 2.05 bits per heavy atom. The molecule has 1 heterocycles. The second-order valence-corrected chi connectivity index (χ2v) is 5.64. The number of hydrogen-bond donors (Lipinski definition) is 1. The van der Waals surface area contributed by atoms with Gasteiger partial charge in [-0.15, -0.1) is 0 Å². The Bertz CT molecular complexity index is 469. The number of thiophene rings is 1. The minimum absolute atomic E-state index is 0.357. The van der Waals surface area contributed by atoms with Crippen LogP contribution >= 0.6 is 22.9 Å². The highest BCUT2D eigenvalue weighted by Crippen LogP contribution is 2.16. The fourth-order valence-corrected chi connectivity index (χ4v) is 2.64. The van der Waals surface area contributed by atoms with E-state index in [-0.39, 0.29) is 0 Å². The summed E-state index contributed by atoms with van der Waals surface area (Å²) < 4.78 is 5.77. The van der Waals surface area contributed by atoms with Gasteiger partial charge in [0.1, 0.15) is 12.4 Å². The van der Waals surface area contributed by atoms with Crippen molar-refractivity contribution < 1.29 is 4.74 Å². The van der Waals surface area contributed by atoms with Crippen molar-refractivity contribution in [3.63, 3.8) is 0 Å². The summed E-state index contributed by atoms with van der Waals surface area (Å²) in [5, 5.41) is 8.35. The van der Waals surface area contributed by atoms with Crippen molar-refractivity contribution in [2.75, 3.05) is 13.7 Å². The van der Waals surface area contributed by atoms with E-state index < -0.39 is 0 Å². The van der Waals surface area contributed by atoms with Crippen molar-refractivity contribution in [1.29, 1.82) is 0 Å². The van der Waals surface area contributed by atoms with Crippen LogP contribution in [0.25, 0.3) is 0 Å². The van der Waals surface area contributed by atoms with E-state index in [0.29, 0.717) is 12.6 Å². The Balaban J connectivity index is 1.77. The largest absolute Gasteiger partial charge is 0.492 e. The predicted octanol–water partition coefficient (Wildman–Crippen LogP) is 4.00. The topological polar surface area (TPSA) is 21.3 Å². The zero-order valence-corrected chi connectivity index (χ0v) is 12.5. The van der Waals surface area contributed by atoms with Gasteiger partial charge in [-0.25, -0.2) is 0 Å². The average Bonchev–Trinajstić information content (AvgIpc) is 2.94. The fourth-order valence-electron chi connectivity index (χ4n) is 1.81. The number of nitrogens with one attached hydrogen (secondary N) is 1. The number of aryl methyl sites for hydroxylation is 1. The number of rotatable bonds is 7. The number of likely N-dealkylation sites (N-methyl/N-ethyl adjacent to an activating group) is 1. The van der Waals surface area contributed by atoms with Gasteiger partial charge >= 0.3 is 0 Å². The highest BCUT2D eigenvalue weighted by atomic mass is 35.5. The van der Waals surface area contributed by atoms with Crippen LogP contribution in [0.1, 0.15) is 12.0 Å². The van der Waals surface area contributed by atoms with Gasteiger partial charge in [0.25, 0.3) is 0 Å². The van der Waals surface area contributed by atoms with Gasteiger partial charge in [0.15, 0.2) is 0 Å². The lowest BCUT2D eigenvalue weighted by atomic mass is 10.1. The Kier molecular flexibility index (Phi) is 5.70. The summed E-state index contributed by atoms with van der Waals surface area (Å²) in [6, 6.07) is 10.0. The molecule has 2 nitrogen and oxygen atoms in total. The molecule has 1 atom stereocenters. The van der Waals surface area contributed by atoms with E-state index in [1.54, 1.807) is 11.3 Å². The van der Waals surface area contributed by atoms with Crippen LogP contribution in [0.4, 0.5) is 0 Å². The van der Waals surface area contributed by atoms with E-state index in [2.05, 4.69) is 22.1 Å². The summed E-state index contributed by atoms with van der Waals surface area (Å²) in [6.45, 7) is 0.669. The van der Waals surface area contributed by atoms with Crippen LogP contribution in [0.3, 0.4) is 0 Å². The van der Waals surface area contributed by atoms with E-state index in [1.165, 1.54) is 5.56 Å². The molecule has 1 unspecified atom stereocenters. The molecule has 0 bridgehead atoms. The van der Waals surface area contributed by atoms with Crippen LogP contribution in [-0.2, 0) is 6.42 Å². The van der Waals surface area contributed by atoms with E-state index >= 15 is 0 Å². The molecule has 0 aliphatic heterocycles. The van der Waals surface area contributed by atoms with Crippen LogP contribution < -0.4 is 10.1 Å². The molecular formula is C15H18ClNOS. The second-order valence-electron chi connectivity index (χ2n) is 4.42. The molecule has 1 N–H and O–H groups in total. The normalized spacial score (nSPS) is 12.3. The maximum Gasteiger partial charge on any atom is 0.119 e. The quantitative estimate of drug-likeness (QED) is 0.833. The molecule has 102 valence electrons. The lowest BCUT2D eigenvalue weighted by Crippen LogP contribution is -2.32. The lowest BCUT2D eigenvalue weighted by molar-refractivity contribution is 0.263. The molecule has 2 aromatic rings. The van der Waals surface area contributed by atoms with Gasteiger partial charge in [-0.05, 0) is 66.5 Å². The zero-order valence-electron chi connectivity index (χ0n) is 10.9. The third kappa shape index (κ3) is 4.86. The number of benzene rings is 1. The Morgan fingerprint density at radius 1 is 1.26 bits per heavy atom. The summed E-state index contributed by atoms with van der Waals surface area (Å²) in [7, 11) is 1.98. The van der Waals surface area contributed by atoms with Crippen LogP contribution in [0.5, 0.6) is 5.75 Å². The molecule has 0 aliphatic carbocycles. The zero-order chi connectivity index (χ0) is 13.5. The van der Waals surface area contributed by atoms with E-state index in [1.807, 2.05) is 31.3 Å². The smallest absolute Gasteiger partial charge is 0.119 e. The summed E-state index contributed by atoms with van der Waals surface area (Å²) in [4.78, 5) is 0. The molecule has 19 heavy (non-hydrogen) atoms. The highest BCUT2D eigenvalue weighted by molar-refractivity contribution is 7.07. The first-order valence-electron chi connectivity index (χ1n) is 6.34. The molecule has 1 aromatic carbocycles. The molecule has 0 spiro atoms. The third-order valence-electron chi connectivity index (χ3n) is 3.03. The summed E-state index contributed by atoms with van der Waals surface area (Å²) in [6.07, 6.45) is 2.15. The summed E-state index contributed by atoms with van der Waals surface area (Å²) in [5.74, 6) is 0.861. The van der Waals surface area contributed by atoms with Crippen molar-refractivity contribution in [3.05, 3.63) is 51.7 Å². The molecule has 0 saturated heterocycles. The molecule has 0 fully saturated rings. The van der Waals surface area contributed by atoms with Gasteiger partial charge in [-0.2, -0.15) is 11.3 Å². The number of halogens is 1. The Morgan fingerprint density at radius 3 is 2.68 bits per heavy atom. The lowest BCUT2D eigenvalue weighted by Gasteiger charge is -2.16. The monoisotopic (exact) mass is 295 g/mol.